The molecule has 2 aromatic rings. The van der Waals surface area contributed by atoms with Crippen LogP contribution in [0.25, 0.3) is 0 Å². The van der Waals surface area contributed by atoms with E-state index < -0.39 is 17.7 Å². The fraction of sp³-hybridized carbons (Fsp3) is 0.381. The van der Waals surface area contributed by atoms with Crippen molar-refractivity contribution in [2.45, 2.75) is 31.0 Å². The maximum absolute atomic E-state index is 12.9. The molecule has 1 heterocycles. The van der Waals surface area contributed by atoms with Crippen LogP contribution in [0.4, 0.5) is 4.39 Å². The van der Waals surface area contributed by atoms with Crippen LogP contribution in [-0.2, 0) is 16.0 Å². The molecular formula is C21H23FO6. The first-order valence-corrected chi connectivity index (χ1v) is 9.12. The average molecular weight is 390 g/mol. The lowest BCUT2D eigenvalue weighted by molar-refractivity contribution is -0.159. The van der Waals surface area contributed by atoms with Gasteiger partial charge in [0.15, 0.2) is 5.60 Å². The maximum Gasteiger partial charge on any atom is 0.336 e. The molecule has 150 valence electrons. The number of ether oxygens (including phenoxy) is 3. The second kappa shape index (κ2) is 9.03. The monoisotopic (exact) mass is 390 g/mol. The fourth-order valence-electron chi connectivity index (χ4n) is 3.12. The minimum Gasteiger partial charge on any atom is -0.491 e. The second-order valence-electron chi connectivity index (χ2n) is 6.81. The first-order chi connectivity index (χ1) is 13.5. The molecule has 2 aromatic carbocycles. The first kappa shape index (κ1) is 20.1. The van der Waals surface area contributed by atoms with E-state index in [9.17, 15) is 19.4 Å². The molecule has 0 saturated carbocycles. The number of aliphatic hydroxyl groups is 1. The van der Waals surface area contributed by atoms with E-state index in [2.05, 4.69) is 0 Å². The summed E-state index contributed by atoms with van der Waals surface area (Å²) in [4.78, 5) is 11.6. The zero-order valence-corrected chi connectivity index (χ0v) is 15.3. The average Bonchev–Trinajstić information content (AvgIpc) is 3.16. The van der Waals surface area contributed by atoms with Crippen LogP contribution in [-0.4, -0.2) is 47.7 Å². The molecule has 2 atom stereocenters. The van der Waals surface area contributed by atoms with Crippen LogP contribution < -0.4 is 9.47 Å². The predicted octanol–water partition coefficient (Wildman–Crippen LogP) is 2.82. The number of hydrogen-bond acceptors (Lipinski definition) is 5. The highest BCUT2D eigenvalue weighted by Crippen LogP contribution is 2.31. The Hall–Kier alpha value is -2.64. The van der Waals surface area contributed by atoms with E-state index >= 15 is 0 Å². The number of benzene rings is 2. The second-order valence-corrected chi connectivity index (χ2v) is 6.81. The van der Waals surface area contributed by atoms with Crippen molar-refractivity contribution in [1.29, 1.82) is 0 Å². The molecule has 0 aromatic heterocycles. The SMILES string of the molecule is O=C(O)C1(Cc2cccc(OC[C@H](O)COc3ccc(F)cc3)c2)CCCO1. The van der Waals surface area contributed by atoms with Crippen LogP contribution in [0.3, 0.4) is 0 Å². The van der Waals surface area contributed by atoms with Crippen molar-refractivity contribution in [2.24, 2.45) is 0 Å². The first-order valence-electron chi connectivity index (χ1n) is 9.12. The highest BCUT2D eigenvalue weighted by molar-refractivity contribution is 5.78. The van der Waals surface area contributed by atoms with Gasteiger partial charge in [-0.1, -0.05) is 12.1 Å². The van der Waals surface area contributed by atoms with Crippen molar-refractivity contribution in [3.05, 3.63) is 59.9 Å². The summed E-state index contributed by atoms with van der Waals surface area (Å²) in [5.41, 5.74) is -0.389. The Morgan fingerprint density at radius 2 is 1.86 bits per heavy atom. The van der Waals surface area contributed by atoms with E-state index in [1.807, 2.05) is 6.07 Å². The van der Waals surface area contributed by atoms with E-state index in [1.54, 1.807) is 18.2 Å². The fourth-order valence-corrected chi connectivity index (χ4v) is 3.12. The summed E-state index contributed by atoms with van der Waals surface area (Å²) in [6.07, 6.45) is 0.586. The standard InChI is InChI=1S/C21H23FO6/c22-16-5-7-18(8-6-16)26-13-17(23)14-27-19-4-1-3-15(11-19)12-21(20(24)25)9-2-10-28-21/h1,3-8,11,17,23H,2,9-10,12-14H2,(H,24,25)/t17-,21?/m1/s1. The number of halogens is 1. The van der Waals surface area contributed by atoms with Crippen LogP contribution >= 0.6 is 0 Å². The van der Waals surface area contributed by atoms with Gasteiger partial charge in [0.25, 0.3) is 0 Å². The molecule has 0 radical (unpaired) electrons. The van der Waals surface area contributed by atoms with Gasteiger partial charge in [0.05, 0.1) is 0 Å². The summed E-state index contributed by atoms with van der Waals surface area (Å²) >= 11 is 0. The Labute approximate surface area is 162 Å². The van der Waals surface area contributed by atoms with Gasteiger partial charge in [-0.15, -0.1) is 0 Å². The lowest BCUT2D eigenvalue weighted by Gasteiger charge is -2.23. The van der Waals surface area contributed by atoms with Gasteiger partial charge in [-0.3, -0.25) is 0 Å². The number of hydrogen-bond donors (Lipinski definition) is 2. The zero-order valence-electron chi connectivity index (χ0n) is 15.3. The quantitative estimate of drug-likeness (QED) is 0.685. The summed E-state index contributed by atoms with van der Waals surface area (Å²) in [6, 6.07) is 12.6. The normalized spacial score (nSPS) is 19.9. The maximum atomic E-state index is 12.9. The molecule has 0 aliphatic carbocycles. The van der Waals surface area contributed by atoms with Gasteiger partial charge in [0.2, 0.25) is 0 Å². The molecule has 28 heavy (non-hydrogen) atoms. The highest BCUT2D eigenvalue weighted by atomic mass is 19.1. The summed E-state index contributed by atoms with van der Waals surface area (Å²) in [6.45, 7) is 0.454. The molecule has 0 amide bonds. The van der Waals surface area contributed by atoms with Gasteiger partial charge in [-0.25, -0.2) is 9.18 Å². The third-order valence-electron chi connectivity index (χ3n) is 4.58. The van der Waals surface area contributed by atoms with Gasteiger partial charge in [0.1, 0.15) is 36.6 Å². The van der Waals surface area contributed by atoms with Gasteiger partial charge >= 0.3 is 5.97 Å². The molecule has 0 bridgehead atoms. The minimum absolute atomic E-state index is 0.00128. The molecule has 1 unspecified atom stereocenters. The van der Waals surface area contributed by atoms with Gasteiger partial charge in [0, 0.05) is 13.0 Å². The molecule has 2 N–H and O–H groups in total. The van der Waals surface area contributed by atoms with Crippen LogP contribution in [0.15, 0.2) is 48.5 Å². The Morgan fingerprint density at radius 3 is 2.50 bits per heavy atom. The number of carboxylic acids is 1. The Morgan fingerprint density at radius 1 is 1.14 bits per heavy atom. The third kappa shape index (κ3) is 5.21. The van der Waals surface area contributed by atoms with Crippen molar-refractivity contribution in [3.63, 3.8) is 0 Å². The number of aliphatic hydroxyl groups excluding tert-OH is 1. The molecule has 6 nitrogen and oxygen atoms in total. The molecule has 1 fully saturated rings. The number of aliphatic carboxylic acids is 1. The van der Waals surface area contributed by atoms with Gasteiger partial charge in [-0.05, 0) is 54.8 Å². The Balaban J connectivity index is 1.51. The van der Waals surface area contributed by atoms with E-state index in [0.29, 0.717) is 24.5 Å². The van der Waals surface area contributed by atoms with Gasteiger partial charge in [-0.2, -0.15) is 0 Å². The molecule has 0 spiro atoms. The van der Waals surface area contributed by atoms with E-state index in [-0.39, 0.29) is 25.5 Å². The van der Waals surface area contributed by atoms with E-state index in [0.717, 1.165) is 12.0 Å². The molecule has 1 aliphatic heterocycles. The summed E-state index contributed by atoms with van der Waals surface area (Å²) in [7, 11) is 0. The number of carboxylic acid groups (broad SMARTS) is 1. The molecular weight excluding hydrogens is 367 g/mol. The van der Waals surface area contributed by atoms with Crippen LogP contribution in [0.5, 0.6) is 11.5 Å². The van der Waals surface area contributed by atoms with Crippen LogP contribution in [0, 0.1) is 5.82 Å². The molecule has 7 heteroatoms. The topological polar surface area (TPSA) is 85.2 Å². The number of rotatable bonds is 9. The number of carbonyl (C=O) groups is 1. The molecule has 3 rings (SSSR count). The lowest BCUT2D eigenvalue weighted by atomic mass is 9.91. The predicted molar refractivity (Wildman–Crippen MR) is 99.1 cm³/mol. The van der Waals surface area contributed by atoms with Crippen molar-refractivity contribution >= 4 is 5.97 Å². The Bertz CT molecular complexity index is 786. The van der Waals surface area contributed by atoms with Crippen molar-refractivity contribution in [3.8, 4) is 11.5 Å². The van der Waals surface area contributed by atoms with E-state index in [4.69, 9.17) is 14.2 Å². The summed E-state index contributed by atoms with van der Waals surface area (Å²) in [5.74, 6) is -0.330. The largest absolute Gasteiger partial charge is 0.491 e. The molecule has 1 saturated heterocycles. The van der Waals surface area contributed by atoms with E-state index in [1.165, 1.54) is 24.3 Å². The van der Waals surface area contributed by atoms with Crippen molar-refractivity contribution < 1.29 is 33.6 Å². The van der Waals surface area contributed by atoms with Crippen molar-refractivity contribution in [1.82, 2.24) is 0 Å². The van der Waals surface area contributed by atoms with Crippen molar-refractivity contribution in [2.75, 3.05) is 19.8 Å². The minimum atomic E-state index is -1.18. The van der Waals surface area contributed by atoms with Crippen LogP contribution in [0.2, 0.25) is 0 Å². The third-order valence-corrected chi connectivity index (χ3v) is 4.58. The van der Waals surface area contributed by atoms with Gasteiger partial charge < -0.3 is 24.4 Å². The smallest absolute Gasteiger partial charge is 0.336 e. The Kier molecular flexibility index (Phi) is 6.49. The molecule has 1 aliphatic rings. The lowest BCUT2D eigenvalue weighted by Crippen LogP contribution is -2.40. The summed E-state index contributed by atoms with van der Waals surface area (Å²) < 4.78 is 29.3. The van der Waals surface area contributed by atoms with Crippen LogP contribution in [0.1, 0.15) is 18.4 Å². The summed E-state index contributed by atoms with van der Waals surface area (Å²) in [5, 5.41) is 19.5. The zero-order chi connectivity index (χ0) is 20.0. The highest BCUT2D eigenvalue weighted by Gasteiger charge is 2.42.